The Morgan fingerprint density at radius 2 is 1.96 bits per heavy atom. The molecule has 4 heteroatoms. The number of halogens is 2. The number of allylic oxidation sites excluding steroid dienone is 3. The second-order valence-corrected chi connectivity index (χ2v) is 7.72. The lowest BCUT2D eigenvalue weighted by Crippen LogP contribution is -2.33. The molecule has 0 radical (unpaired) electrons. The van der Waals surface area contributed by atoms with Crippen LogP contribution in [0.15, 0.2) is 42.5 Å². The van der Waals surface area contributed by atoms with E-state index in [9.17, 15) is 0 Å². The topological polar surface area (TPSA) is 12.0 Å². The summed E-state index contributed by atoms with van der Waals surface area (Å²) in [5.74, 6) is 1.70. The van der Waals surface area contributed by atoms with Crippen molar-refractivity contribution in [2.45, 2.75) is 39.2 Å². The van der Waals surface area contributed by atoms with Gasteiger partial charge in [-0.15, -0.1) is 0 Å². The van der Waals surface area contributed by atoms with Crippen molar-refractivity contribution in [1.29, 1.82) is 0 Å². The van der Waals surface area contributed by atoms with Crippen molar-refractivity contribution in [2.75, 3.05) is 0 Å². The van der Waals surface area contributed by atoms with Gasteiger partial charge in [0.25, 0.3) is 0 Å². The third kappa shape index (κ3) is 5.63. The molecule has 1 nitrogen and oxygen atoms in total. The van der Waals surface area contributed by atoms with Crippen LogP contribution in [-0.4, -0.2) is 11.0 Å². The first-order valence-corrected chi connectivity index (χ1v) is 9.15. The van der Waals surface area contributed by atoms with Crippen molar-refractivity contribution in [2.24, 2.45) is 11.8 Å². The minimum Gasteiger partial charge on any atom is -0.374 e. The molecule has 3 atom stereocenters. The Bertz CT molecular complexity index is 622. The maximum absolute atomic E-state index is 6.08. The van der Waals surface area contributed by atoms with Crippen LogP contribution in [0.25, 0.3) is 0 Å². The second kappa shape index (κ2) is 8.32. The summed E-state index contributed by atoms with van der Waals surface area (Å²) in [7, 11) is 0. The number of hydrogen-bond donors (Lipinski definition) is 1. The summed E-state index contributed by atoms with van der Waals surface area (Å²) in [6.45, 7) is 6.51. The largest absolute Gasteiger partial charge is 0.374 e. The van der Waals surface area contributed by atoms with Crippen LogP contribution >= 0.6 is 35.4 Å². The van der Waals surface area contributed by atoms with E-state index >= 15 is 0 Å². The molecule has 2 rings (SSSR count). The van der Waals surface area contributed by atoms with Crippen LogP contribution in [-0.2, 0) is 0 Å². The molecule has 23 heavy (non-hydrogen) atoms. The highest BCUT2D eigenvalue weighted by Gasteiger charge is 2.36. The normalized spacial score (nSPS) is 22.0. The fourth-order valence-corrected chi connectivity index (χ4v) is 2.91. The van der Waals surface area contributed by atoms with E-state index in [2.05, 4.69) is 44.3 Å². The van der Waals surface area contributed by atoms with Crippen LogP contribution in [0.3, 0.4) is 0 Å². The highest BCUT2D eigenvalue weighted by Crippen LogP contribution is 2.49. The smallest absolute Gasteiger partial charge is 0.0990 e. The number of rotatable bonds is 6. The van der Waals surface area contributed by atoms with Gasteiger partial charge in [0.05, 0.1) is 15.0 Å². The third-order valence-electron chi connectivity index (χ3n) is 4.30. The molecule has 1 aliphatic rings. The Balaban J connectivity index is 1.80. The van der Waals surface area contributed by atoms with E-state index in [1.165, 1.54) is 5.56 Å². The average molecular weight is 368 g/mol. The van der Waals surface area contributed by atoms with E-state index in [4.69, 9.17) is 35.4 Å². The quantitative estimate of drug-likeness (QED) is 0.366. The van der Waals surface area contributed by atoms with Crippen molar-refractivity contribution >= 4 is 40.4 Å². The first-order valence-electron chi connectivity index (χ1n) is 7.98. The van der Waals surface area contributed by atoms with Crippen molar-refractivity contribution in [3.8, 4) is 0 Å². The van der Waals surface area contributed by atoms with Gasteiger partial charge in [-0.05, 0) is 54.9 Å². The zero-order valence-electron chi connectivity index (χ0n) is 13.7. The molecule has 0 spiro atoms. The Hall–Kier alpha value is -0.830. The molecule has 0 aliphatic heterocycles. The maximum atomic E-state index is 6.08. The van der Waals surface area contributed by atoms with Gasteiger partial charge in [-0.25, -0.2) is 0 Å². The average Bonchev–Trinajstić information content (AvgIpc) is 3.26. The summed E-state index contributed by atoms with van der Waals surface area (Å²) in [6, 6.07) is 6.30. The molecule has 0 aromatic heterocycles. The van der Waals surface area contributed by atoms with Gasteiger partial charge in [-0.3, -0.25) is 0 Å². The van der Waals surface area contributed by atoms with Gasteiger partial charge in [0.1, 0.15) is 0 Å². The Morgan fingerprint density at radius 3 is 2.61 bits per heavy atom. The minimum absolute atomic E-state index is 0.388. The van der Waals surface area contributed by atoms with Crippen LogP contribution in [0.1, 0.15) is 38.7 Å². The lowest BCUT2D eigenvalue weighted by Gasteiger charge is -2.17. The molecule has 1 unspecified atom stereocenters. The van der Waals surface area contributed by atoms with Crippen molar-refractivity contribution in [1.82, 2.24) is 5.32 Å². The Labute approximate surface area is 154 Å². The molecule has 1 aromatic rings. The van der Waals surface area contributed by atoms with Gasteiger partial charge in [0, 0.05) is 6.04 Å². The Kier molecular flexibility index (Phi) is 6.70. The first kappa shape index (κ1) is 18.5. The van der Waals surface area contributed by atoms with Crippen LogP contribution in [0, 0.1) is 11.8 Å². The Morgan fingerprint density at radius 1 is 1.22 bits per heavy atom. The van der Waals surface area contributed by atoms with Gasteiger partial charge < -0.3 is 5.32 Å². The summed E-state index contributed by atoms with van der Waals surface area (Å²) in [6.07, 6.45) is 9.43. The van der Waals surface area contributed by atoms with Crippen molar-refractivity contribution < 1.29 is 0 Å². The van der Waals surface area contributed by atoms with Gasteiger partial charge in [0.15, 0.2) is 0 Å². The lowest BCUT2D eigenvalue weighted by molar-refractivity contribution is 0.490. The van der Waals surface area contributed by atoms with Crippen molar-refractivity contribution in [3.05, 3.63) is 58.1 Å². The number of nitrogens with one attached hydrogen (secondary N) is 1. The van der Waals surface area contributed by atoms with Crippen LogP contribution in [0.4, 0.5) is 0 Å². The molecule has 0 saturated heterocycles. The molecule has 1 aliphatic carbocycles. The molecule has 1 N–H and O–H groups in total. The predicted molar refractivity (Wildman–Crippen MR) is 106 cm³/mol. The summed E-state index contributed by atoms with van der Waals surface area (Å²) >= 11 is 17.3. The van der Waals surface area contributed by atoms with Crippen LogP contribution < -0.4 is 5.32 Å². The number of benzene rings is 1. The maximum Gasteiger partial charge on any atom is 0.0990 e. The van der Waals surface area contributed by atoms with E-state index in [1.54, 1.807) is 0 Å². The fourth-order valence-electron chi connectivity index (χ4n) is 2.34. The van der Waals surface area contributed by atoms with Gasteiger partial charge in [-0.1, -0.05) is 73.6 Å². The number of thiocarbonyl (C=S) groups is 1. The summed E-state index contributed by atoms with van der Waals surface area (Å²) in [4.78, 5) is 0.785. The minimum atomic E-state index is 0.388. The second-order valence-electron chi connectivity index (χ2n) is 6.46. The van der Waals surface area contributed by atoms with E-state index in [1.807, 2.05) is 24.3 Å². The molecule has 0 heterocycles. The molecule has 1 saturated carbocycles. The molecular weight excluding hydrogens is 345 g/mol. The zero-order valence-corrected chi connectivity index (χ0v) is 16.1. The third-order valence-corrected chi connectivity index (χ3v) is 5.29. The van der Waals surface area contributed by atoms with E-state index in [-0.39, 0.29) is 0 Å². The van der Waals surface area contributed by atoms with Crippen molar-refractivity contribution in [3.63, 3.8) is 0 Å². The first-order chi connectivity index (χ1) is 10.9. The molecular formula is C19H23Cl2NS. The number of hydrogen-bond acceptors (Lipinski definition) is 1. The molecule has 1 aromatic carbocycles. The van der Waals surface area contributed by atoms with E-state index in [0.717, 1.165) is 11.4 Å². The highest BCUT2D eigenvalue weighted by molar-refractivity contribution is 7.80. The van der Waals surface area contributed by atoms with Gasteiger partial charge >= 0.3 is 0 Å². The summed E-state index contributed by atoms with van der Waals surface area (Å²) < 4.78 is 0. The summed E-state index contributed by atoms with van der Waals surface area (Å²) in [5, 5.41) is 4.56. The molecule has 124 valence electrons. The van der Waals surface area contributed by atoms with E-state index < -0.39 is 0 Å². The van der Waals surface area contributed by atoms with Crippen LogP contribution in [0.2, 0.25) is 10.0 Å². The highest BCUT2D eigenvalue weighted by atomic mass is 35.5. The fraction of sp³-hybridized carbons (Fsp3) is 0.421. The molecule has 1 fully saturated rings. The lowest BCUT2D eigenvalue weighted by atomic mass is 10.1. The van der Waals surface area contributed by atoms with Crippen LogP contribution in [0.5, 0.6) is 0 Å². The zero-order chi connectivity index (χ0) is 17.0. The van der Waals surface area contributed by atoms with Gasteiger partial charge in [-0.2, -0.15) is 0 Å². The molecule has 0 bridgehead atoms. The van der Waals surface area contributed by atoms with Gasteiger partial charge in [0.2, 0.25) is 0 Å². The predicted octanol–water partition coefficient (Wildman–Crippen LogP) is 6.17. The molecule has 0 amide bonds. The summed E-state index contributed by atoms with van der Waals surface area (Å²) in [5.41, 5.74) is 1.26. The monoisotopic (exact) mass is 367 g/mol. The SMILES string of the molecule is CC(C)C(C)NC(=S)C=CC=C[C@@H]1C[C@H]1c1ccc(Cl)c(Cl)c1. The van der Waals surface area contributed by atoms with E-state index in [0.29, 0.717) is 33.8 Å². The standard InChI is InChI=1S/C19H23Cl2NS/c1-12(2)13(3)22-19(23)7-5-4-6-14-10-16(14)15-8-9-17(20)18(21)11-15/h4-9,11-14,16H,10H2,1-3H3,(H,22,23)/t13?,14-,16-/m1/s1.